The van der Waals surface area contributed by atoms with Gasteiger partial charge in [-0.15, -0.1) is 0 Å². The van der Waals surface area contributed by atoms with Gasteiger partial charge in [0.1, 0.15) is 0 Å². The second-order valence-electron chi connectivity index (χ2n) is 4.35. The highest BCUT2D eigenvalue weighted by Gasteiger charge is 2.20. The largest absolute Gasteiger partial charge is 0.395 e. The molecule has 3 heteroatoms. The number of hydrogen-bond acceptors (Lipinski definition) is 3. The van der Waals surface area contributed by atoms with Crippen LogP contribution in [0.4, 0.5) is 0 Å². The van der Waals surface area contributed by atoms with E-state index in [1.165, 1.54) is 5.56 Å². The molecule has 96 valence electrons. The van der Waals surface area contributed by atoms with Gasteiger partial charge in [0.2, 0.25) is 0 Å². The van der Waals surface area contributed by atoms with Crippen LogP contribution in [0.3, 0.4) is 0 Å². The molecule has 1 N–H and O–H groups in total. The minimum absolute atomic E-state index is 0.0178. The molecule has 0 spiro atoms. The van der Waals surface area contributed by atoms with Gasteiger partial charge in [-0.2, -0.15) is 11.8 Å². The van der Waals surface area contributed by atoms with Gasteiger partial charge in [-0.05, 0) is 18.9 Å². The number of hydrogen-bond donors (Lipinski definition) is 1. The molecule has 0 saturated heterocycles. The molecule has 1 unspecified atom stereocenters. The molecule has 0 bridgehead atoms. The zero-order chi connectivity index (χ0) is 12.6. The lowest BCUT2D eigenvalue weighted by molar-refractivity contribution is 0.136. The molecule has 0 saturated carbocycles. The van der Waals surface area contributed by atoms with E-state index >= 15 is 0 Å². The number of aliphatic hydroxyl groups is 1. The molecule has 1 atom stereocenters. The van der Waals surface area contributed by atoms with Crippen molar-refractivity contribution in [3.05, 3.63) is 35.9 Å². The Morgan fingerprint density at radius 3 is 2.59 bits per heavy atom. The average molecular weight is 254 g/mol. The van der Waals surface area contributed by atoms with Crippen LogP contribution < -0.4 is 0 Å². The predicted molar refractivity (Wildman–Crippen MR) is 74.3 cm³/mol. The second kappa shape index (κ2) is 7.75. The average Bonchev–Trinajstić information content (AvgIpc) is 2.39. The molecule has 0 amide bonds. The van der Waals surface area contributed by atoms with Crippen molar-refractivity contribution in [3.63, 3.8) is 0 Å². The fourth-order valence-corrected chi connectivity index (χ4v) is 2.36. The van der Waals surface area contributed by atoms with Crippen molar-refractivity contribution < 1.29 is 9.84 Å². The van der Waals surface area contributed by atoms with Gasteiger partial charge in [-0.25, -0.2) is 0 Å². The van der Waals surface area contributed by atoms with Gasteiger partial charge in [0.25, 0.3) is 0 Å². The minimum Gasteiger partial charge on any atom is -0.395 e. The molecule has 1 rings (SSSR count). The quantitative estimate of drug-likeness (QED) is 0.723. The molecule has 17 heavy (non-hydrogen) atoms. The van der Waals surface area contributed by atoms with Gasteiger partial charge in [-0.3, -0.25) is 0 Å². The summed E-state index contributed by atoms with van der Waals surface area (Å²) in [6.45, 7) is 5.83. The van der Waals surface area contributed by atoms with Crippen molar-refractivity contribution in [1.29, 1.82) is 0 Å². The highest BCUT2D eigenvalue weighted by Crippen LogP contribution is 2.27. The zero-order valence-electron chi connectivity index (χ0n) is 10.7. The van der Waals surface area contributed by atoms with Gasteiger partial charge in [0, 0.05) is 10.5 Å². The number of rotatable bonds is 8. The van der Waals surface area contributed by atoms with Crippen LogP contribution >= 0.6 is 11.8 Å². The van der Waals surface area contributed by atoms with Crippen LogP contribution in [-0.4, -0.2) is 28.8 Å². The van der Waals surface area contributed by atoms with Crippen molar-refractivity contribution >= 4 is 11.8 Å². The minimum atomic E-state index is -0.0178. The summed E-state index contributed by atoms with van der Waals surface area (Å²) in [4.78, 5) is 0. The van der Waals surface area contributed by atoms with E-state index in [9.17, 15) is 5.11 Å². The van der Waals surface area contributed by atoms with Gasteiger partial charge in [-0.1, -0.05) is 37.3 Å². The maximum Gasteiger partial charge on any atom is 0.0717 e. The van der Waals surface area contributed by atoms with E-state index in [0.717, 1.165) is 18.8 Å². The lowest BCUT2D eigenvalue weighted by Gasteiger charge is -2.24. The Bertz CT molecular complexity index is 296. The Morgan fingerprint density at radius 1 is 1.29 bits per heavy atom. The normalized spacial score (nSPS) is 14.5. The summed E-state index contributed by atoms with van der Waals surface area (Å²) >= 11 is 1.78. The lowest BCUT2D eigenvalue weighted by atomic mass is 10.1. The summed E-state index contributed by atoms with van der Waals surface area (Å²) in [5, 5.41) is 9.26. The molecule has 1 aromatic carbocycles. The van der Waals surface area contributed by atoms with Crippen LogP contribution in [0.5, 0.6) is 0 Å². The molecule has 2 nitrogen and oxygen atoms in total. The predicted octanol–water partition coefficient (Wildman–Crippen LogP) is 3.10. The first kappa shape index (κ1) is 14.6. The van der Waals surface area contributed by atoms with Crippen molar-refractivity contribution in [3.8, 4) is 0 Å². The second-order valence-corrected chi connectivity index (χ2v) is 6.03. The molecular weight excluding hydrogens is 232 g/mol. The number of aliphatic hydroxyl groups excluding tert-OH is 1. The Kier molecular flexibility index (Phi) is 6.63. The van der Waals surface area contributed by atoms with E-state index in [-0.39, 0.29) is 11.4 Å². The maximum atomic E-state index is 9.26. The summed E-state index contributed by atoms with van der Waals surface area (Å²) in [5.41, 5.74) is 1.21. The summed E-state index contributed by atoms with van der Waals surface area (Å²) in [7, 11) is 0. The summed E-state index contributed by atoms with van der Waals surface area (Å²) < 4.78 is 5.58. The smallest absolute Gasteiger partial charge is 0.0717 e. The maximum absolute atomic E-state index is 9.26. The summed E-state index contributed by atoms with van der Waals surface area (Å²) in [6, 6.07) is 10.2. The van der Waals surface area contributed by atoms with Crippen LogP contribution in [-0.2, 0) is 11.3 Å². The fraction of sp³-hybridized carbons (Fsp3) is 0.571. The Hall–Kier alpha value is -0.510. The molecule has 0 aromatic heterocycles. The third-order valence-electron chi connectivity index (χ3n) is 2.87. The molecule has 0 radical (unpaired) electrons. The summed E-state index contributed by atoms with van der Waals surface area (Å²) in [6.07, 6.45) is 0.979. The van der Waals surface area contributed by atoms with Crippen molar-refractivity contribution in [2.24, 2.45) is 0 Å². The molecule has 0 heterocycles. The highest BCUT2D eigenvalue weighted by atomic mass is 32.2. The molecule has 0 fully saturated rings. The molecule has 0 aliphatic carbocycles. The van der Waals surface area contributed by atoms with Crippen molar-refractivity contribution in [2.75, 3.05) is 19.0 Å². The fourth-order valence-electron chi connectivity index (χ4n) is 1.37. The van der Waals surface area contributed by atoms with Crippen LogP contribution in [0, 0.1) is 0 Å². The molecule has 1 aromatic rings. The standard InChI is InChI=1S/C14H22O2S/c1-3-14(2,12-15)17-10-9-16-11-13-7-5-4-6-8-13/h4-8,15H,3,9-12H2,1-2H3. The first-order chi connectivity index (χ1) is 8.20. The van der Waals surface area contributed by atoms with Crippen molar-refractivity contribution in [2.45, 2.75) is 31.6 Å². The highest BCUT2D eigenvalue weighted by molar-refractivity contribution is 8.00. The third-order valence-corrected chi connectivity index (χ3v) is 4.36. The Balaban J connectivity index is 2.13. The molecule has 0 aliphatic heterocycles. The topological polar surface area (TPSA) is 29.5 Å². The third kappa shape index (κ3) is 5.57. The first-order valence-electron chi connectivity index (χ1n) is 6.06. The van der Waals surface area contributed by atoms with Gasteiger partial charge in [0.05, 0.1) is 19.8 Å². The number of ether oxygens (including phenoxy) is 1. The van der Waals surface area contributed by atoms with Gasteiger partial charge < -0.3 is 9.84 Å². The van der Waals surface area contributed by atoms with Gasteiger partial charge >= 0.3 is 0 Å². The van der Waals surface area contributed by atoms with Crippen LogP contribution in [0.15, 0.2) is 30.3 Å². The van der Waals surface area contributed by atoms with E-state index in [4.69, 9.17) is 4.74 Å². The van der Waals surface area contributed by atoms with Crippen LogP contribution in [0.2, 0.25) is 0 Å². The van der Waals surface area contributed by atoms with Crippen LogP contribution in [0.1, 0.15) is 25.8 Å². The lowest BCUT2D eigenvalue weighted by Crippen LogP contribution is -2.25. The monoisotopic (exact) mass is 254 g/mol. The molecule has 0 aliphatic rings. The number of thioether (sulfide) groups is 1. The SMILES string of the molecule is CCC(C)(CO)SCCOCc1ccccc1. The summed E-state index contributed by atoms with van der Waals surface area (Å²) in [5.74, 6) is 0.928. The van der Waals surface area contributed by atoms with E-state index in [2.05, 4.69) is 26.0 Å². The van der Waals surface area contributed by atoms with E-state index in [1.54, 1.807) is 11.8 Å². The van der Waals surface area contributed by atoms with Crippen LogP contribution in [0.25, 0.3) is 0 Å². The number of benzene rings is 1. The van der Waals surface area contributed by atoms with E-state index in [0.29, 0.717) is 6.61 Å². The van der Waals surface area contributed by atoms with E-state index in [1.807, 2.05) is 18.2 Å². The van der Waals surface area contributed by atoms with E-state index < -0.39 is 0 Å². The van der Waals surface area contributed by atoms with Gasteiger partial charge in [0.15, 0.2) is 0 Å². The Labute approximate surface area is 108 Å². The first-order valence-corrected chi connectivity index (χ1v) is 7.05. The van der Waals surface area contributed by atoms with Crippen molar-refractivity contribution in [1.82, 2.24) is 0 Å². The molecular formula is C14H22O2S. The zero-order valence-corrected chi connectivity index (χ0v) is 11.5. The Morgan fingerprint density at radius 2 is 2.00 bits per heavy atom.